The summed E-state index contributed by atoms with van der Waals surface area (Å²) < 4.78 is 5.64. The summed E-state index contributed by atoms with van der Waals surface area (Å²) in [5, 5.41) is 12.6. The first-order chi connectivity index (χ1) is 16.9. The first-order valence-electron chi connectivity index (χ1n) is 11.3. The predicted octanol–water partition coefficient (Wildman–Crippen LogP) is 3.34. The van der Waals surface area contributed by atoms with Crippen molar-refractivity contribution < 1.29 is 14.3 Å². The summed E-state index contributed by atoms with van der Waals surface area (Å²) in [4.78, 5) is 32.6. The Morgan fingerprint density at radius 3 is 2.09 bits per heavy atom. The van der Waals surface area contributed by atoms with Crippen LogP contribution in [0.1, 0.15) is 13.8 Å². The lowest BCUT2D eigenvalue weighted by molar-refractivity contribution is -0.127. The highest BCUT2D eigenvalue weighted by Gasteiger charge is 2.14. The number of nitrogens with one attached hydrogen (secondary N) is 4. The number of halogens is 1. The van der Waals surface area contributed by atoms with Gasteiger partial charge in [0.2, 0.25) is 5.91 Å². The fraction of sp³-hybridized carbons (Fsp3) is 0.280. The van der Waals surface area contributed by atoms with Gasteiger partial charge in [-0.3, -0.25) is 9.59 Å². The van der Waals surface area contributed by atoms with E-state index < -0.39 is 6.10 Å². The number of carbonyl (C=O) groups excluding carboxylic acids is 2. The van der Waals surface area contributed by atoms with E-state index in [0.717, 1.165) is 5.56 Å². The molecule has 2 amide bonds. The largest absolute Gasteiger partial charge is 0.481 e. The third-order valence-electron chi connectivity index (χ3n) is 4.79. The van der Waals surface area contributed by atoms with Gasteiger partial charge in [0.05, 0.1) is 0 Å². The molecule has 0 aliphatic heterocycles. The number of amides is 2. The van der Waals surface area contributed by atoms with Crippen molar-refractivity contribution in [2.24, 2.45) is 0 Å². The molecule has 0 bridgehead atoms. The molecule has 0 aliphatic rings. The highest BCUT2D eigenvalue weighted by molar-refractivity contribution is 6.30. The molecule has 1 atom stereocenters. The molecule has 0 saturated carbocycles. The molecule has 1 unspecified atom stereocenters. The zero-order valence-corrected chi connectivity index (χ0v) is 20.4. The zero-order valence-electron chi connectivity index (χ0n) is 19.7. The van der Waals surface area contributed by atoms with Gasteiger partial charge in [-0.1, -0.05) is 29.8 Å². The van der Waals surface area contributed by atoms with Crippen LogP contribution in [0.5, 0.6) is 5.75 Å². The van der Waals surface area contributed by atoms with E-state index in [0.29, 0.717) is 54.4 Å². The van der Waals surface area contributed by atoms with Crippen LogP contribution in [0.3, 0.4) is 0 Å². The Morgan fingerprint density at radius 1 is 0.886 bits per heavy atom. The Labute approximate surface area is 209 Å². The van der Waals surface area contributed by atoms with Gasteiger partial charge in [-0.25, -0.2) is 9.97 Å². The predicted molar refractivity (Wildman–Crippen MR) is 138 cm³/mol. The molecule has 35 heavy (non-hydrogen) atoms. The van der Waals surface area contributed by atoms with Crippen LogP contribution in [-0.4, -0.2) is 54.1 Å². The molecule has 0 radical (unpaired) electrons. The molecule has 10 heteroatoms. The Balaban J connectivity index is 1.57. The van der Waals surface area contributed by atoms with Gasteiger partial charge in [0.1, 0.15) is 17.4 Å². The lowest BCUT2D eigenvalue weighted by atomic mass is 10.2. The summed E-state index contributed by atoms with van der Waals surface area (Å²) in [7, 11) is 0. The molecule has 0 aliphatic carbocycles. The van der Waals surface area contributed by atoms with Crippen molar-refractivity contribution in [1.29, 1.82) is 0 Å². The smallest absolute Gasteiger partial charge is 0.260 e. The van der Waals surface area contributed by atoms with Crippen LogP contribution < -0.4 is 26.0 Å². The van der Waals surface area contributed by atoms with E-state index in [-0.39, 0.29) is 11.8 Å². The van der Waals surface area contributed by atoms with Crippen molar-refractivity contribution in [2.75, 3.05) is 36.8 Å². The molecule has 1 aromatic heterocycles. The van der Waals surface area contributed by atoms with Crippen LogP contribution in [0.15, 0.2) is 60.7 Å². The van der Waals surface area contributed by atoms with Gasteiger partial charge in [-0.2, -0.15) is 0 Å². The van der Waals surface area contributed by atoms with Gasteiger partial charge in [-0.15, -0.1) is 0 Å². The minimum atomic E-state index is -0.618. The maximum Gasteiger partial charge on any atom is 0.260 e. The number of rotatable bonds is 12. The summed E-state index contributed by atoms with van der Waals surface area (Å²) >= 11 is 6.01. The maximum atomic E-state index is 12.3. The van der Waals surface area contributed by atoms with E-state index in [1.165, 1.54) is 6.92 Å². The molecule has 0 spiro atoms. The summed E-state index contributed by atoms with van der Waals surface area (Å²) in [6.07, 6.45) is -0.618. The second kappa shape index (κ2) is 13.1. The topological polar surface area (TPSA) is 117 Å². The number of para-hydroxylation sites is 1. The highest BCUT2D eigenvalue weighted by Crippen LogP contribution is 2.22. The van der Waals surface area contributed by atoms with Crippen LogP contribution in [-0.2, 0) is 9.59 Å². The van der Waals surface area contributed by atoms with Crippen molar-refractivity contribution in [3.8, 4) is 17.1 Å². The quantitative estimate of drug-likeness (QED) is 0.284. The number of carbonyl (C=O) groups is 2. The maximum absolute atomic E-state index is 12.3. The molecule has 3 rings (SSSR count). The molecular weight excluding hydrogens is 468 g/mol. The van der Waals surface area contributed by atoms with E-state index in [1.54, 1.807) is 37.3 Å². The minimum Gasteiger partial charge on any atom is -0.481 e. The Kier molecular flexibility index (Phi) is 9.68. The molecule has 4 N–H and O–H groups in total. The Morgan fingerprint density at radius 2 is 1.49 bits per heavy atom. The fourth-order valence-corrected chi connectivity index (χ4v) is 3.19. The lowest BCUT2D eigenvalue weighted by Crippen LogP contribution is -2.38. The second-order valence-electron chi connectivity index (χ2n) is 7.67. The van der Waals surface area contributed by atoms with E-state index in [4.69, 9.17) is 16.3 Å². The van der Waals surface area contributed by atoms with Gasteiger partial charge in [-0.05, 0) is 43.3 Å². The van der Waals surface area contributed by atoms with E-state index in [9.17, 15) is 9.59 Å². The molecule has 2 aromatic carbocycles. The summed E-state index contributed by atoms with van der Waals surface area (Å²) in [6.45, 7) is 4.98. The first kappa shape index (κ1) is 25.8. The van der Waals surface area contributed by atoms with Crippen LogP contribution in [0.4, 0.5) is 11.6 Å². The number of hydrogen-bond acceptors (Lipinski definition) is 7. The monoisotopic (exact) mass is 496 g/mol. The SMILES string of the molecule is CC(=O)NCCNc1cc(NCCNC(=O)C(C)Oc2ccccc2)nc(-c2ccc(Cl)cc2)n1. The van der Waals surface area contributed by atoms with E-state index in [1.807, 2.05) is 30.3 Å². The highest BCUT2D eigenvalue weighted by atomic mass is 35.5. The molecular formula is C25H29ClN6O3. The third-order valence-corrected chi connectivity index (χ3v) is 5.04. The zero-order chi connectivity index (χ0) is 25.0. The van der Waals surface area contributed by atoms with Gasteiger partial charge < -0.3 is 26.0 Å². The van der Waals surface area contributed by atoms with Crippen molar-refractivity contribution in [2.45, 2.75) is 20.0 Å². The lowest BCUT2D eigenvalue weighted by Gasteiger charge is -2.15. The van der Waals surface area contributed by atoms with Gasteiger partial charge >= 0.3 is 0 Å². The number of aromatic nitrogens is 2. The van der Waals surface area contributed by atoms with Crippen molar-refractivity contribution in [1.82, 2.24) is 20.6 Å². The molecule has 184 valence electrons. The number of nitrogens with zero attached hydrogens (tertiary/aromatic N) is 2. The van der Waals surface area contributed by atoms with Crippen LogP contribution >= 0.6 is 11.6 Å². The number of ether oxygens (including phenoxy) is 1. The van der Waals surface area contributed by atoms with E-state index >= 15 is 0 Å². The van der Waals surface area contributed by atoms with Crippen LogP contribution in [0.25, 0.3) is 11.4 Å². The standard InChI is InChI=1S/C25H29ClN6O3/c1-17(35-21-6-4-3-5-7-21)25(34)30-15-14-29-23-16-22(28-13-12-27-18(2)33)31-24(32-23)19-8-10-20(26)11-9-19/h3-11,16-17H,12-15H2,1-2H3,(H,27,33)(H,30,34)(H2,28,29,31,32). The third kappa shape index (κ3) is 8.78. The van der Waals surface area contributed by atoms with Crippen molar-refractivity contribution in [3.05, 3.63) is 65.7 Å². The minimum absolute atomic E-state index is 0.0933. The Bertz CT molecular complexity index is 1110. The molecule has 9 nitrogen and oxygen atoms in total. The van der Waals surface area contributed by atoms with Gasteiger partial charge in [0, 0.05) is 49.8 Å². The summed E-state index contributed by atoms with van der Waals surface area (Å²) in [5.41, 5.74) is 0.808. The molecule has 1 heterocycles. The number of hydrogen-bond donors (Lipinski definition) is 4. The molecule has 3 aromatic rings. The van der Waals surface area contributed by atoms with Gasteiger partial charge in [0.25, 0.3) is 5.91 Å². The summed E-state index contributed by atoms with van der Waals surface area (Å²) in [6, 6.07) is 18.2. The van der Waals surface area contributed by atoms with Crippen LogP contribution in [0, 0.1) is 0 Å². The van der Waals surface area contributed by atoms with Crippen LogP contribution in [0.2, 0.25) is 5.02 Å². The summed E-state index contributed by atoms with van der Waals surface area (Å²) in [5.74, 6) is 2.05. The van der Waals surface area contributed by atoms with E-state index in [2.05, 4.69) is 31.2 Å². The molecule has 0 fully saturated rings. The van der Waals surface area contributed by atoms with Crippen molar-refractivity contribution >= 4 is 35.1 Å². The Hall–Kier alpha value is -3.85. The fourth-order valence-electron chi connectivity index (χ4n) is 3.06. The second-order valence-corrected chi connectivity index (χ2v) is 8.11. The number of anilines is 2. The van der Waals surface area contributed by atoms with Gasteiger partial charge in [0.15, 0.2) is 11.9 Å². The normalized spacial score (nSPS) is 11.3. The average Bonchev–Trinajstić information content (AvgIpc) is 2.85. The number of benzene rings is 2. The first-order valence-corrected chi connectivity index (χ1v) is 11.6. The molecule has 0 saturated heterocycles. The van der Waals surface area contributed by atoms with Crippen molar-refractivity contribution in [3.63, 3.8) is 0 Å². The average molecular weight is 497 g/mol.